The average molecular weight is 333 g/mol. The summed E-state index contributed by atoms with van der Waals surface area (Å²) in [5, 5.41) is 0. The number of carbonyl (C=O) groups is 1. The van der Waals surface area contributed by atoms with E-state index in [0.717, 1.165) is 24.8 Å². The quantitative estimate of drug-likeness (QED) is 0.715. The molecule has 0 aliphatic heterocycles. The molecule has 0 saturated carbocycles. The van der Waals surface area contributed by atoms with Crippen molar-refractivity contribution in [2.75, 3.05) is 0 Å². The Morgan fingerprint density at radius 1 is 1.15 bits per heavy atom. The predicted molar refractivity (Wildman–Crippen MR) is 80.6 cm³/mol. The lowest BCUT2D eigenvalue weighted by Crippen LogP contribution is -2.19. The molecule has 0 heterocycles. The summed E-state index contributed by atoms with van der Waals surface area (Å²) in [6.07, 6.45) is 2.85. The minimum atomic E-state index is -0.389. The van der Waals surface area contributed by atoms with Gasteiger partial charge in [0, 0.05) is 11.5 Å². The van der Waals surface area contributed by atoms with E-state index in [1.165, 1.54) is 11.6 Å². The second-order valence-electron chi connectivity index (χ2n) is 5.11. The van der Waals surface area contributed by atoms with E-state index in [0.29, 0.717) is 5.56 Å². The summed E-state index contributed by atoms with van der Waals surface area (Å²) in [5.74, 6) is -0.540. The maximum Gasteiger partial charge on any atom is 0.171 e. The van der Waals surface area contributed by atoms with Crippen molar-refractivity contribution in [3.63, 3.8) is 0 Å². The summed E-state index contributed by atoms with van der Waals surface area (Å²) in [5.41, 5.74) is 2.77. The summed E-state index contributed by atoms with van der Waals surface area (Å²) in [6, 6.07) is 12.7. The zero-order valence-electron chi connectivity index (χ0n) is 10.9. The van der Waals surface area contributed by atoms with Crippen molar-refractivity contribution in [1.82, 2.24) is 0 Å². The van der Waals surface area contributed by atoms with Crippen molar-refractivity contribution < 1.29 is 9.18 Å². The number of aryl methyl sites for hydroxylation is 1. The third-order valence-corrected chi connectivity index (χ3v) is 4.71. The first kappa shape index (κ1) is 13.5. The number of hydrogen-bond acceptors (Lipinski definition) is 1. The second kappa shape index (κ2) is 5.49. The Hall–Kier alpha value is -1.48. The Morgan fingerprint density at radius 3 is 2.80 bits per heavy atom. The number of Topliss-reactive ketones (excluding diaryl/α,β-unsaturated/α-hetero) is 1. The molecule has 0 amide bonds. The van der Waals surface area contributed by atoms with E-state index in [4.69, 9.17) is 0 Å². The van der Waals surface area contributed by atoms with Crippen LogP contribution in [0, 0.1) is 5.82 Å². The van der Waals surface area contributed by atoms with E-state index in [1.807, 2.05) is 18.2 Å². The van der Waals surface area contributed by atoms with Gasteiger partial charge < -0.3 is 0 Å². The molecule has 0 aromatic heterocycles. The standard InChI is InChI=1S/C17H14BrFO/c18-16-14(9-4-10-15(16)19)17(20)13-8-3-6-11-5-1-2-7-12(11)13/h1-2,4-5,7,9-10,13H,3,6,8H2. The van der Waals surface area contributed by atoms with Crippen LogP contribution in [0.2, 0.25) is 0 Å². The lowest BCUT2D eigenvalue weighted by atomic mass is 9.79. The normalized spacial score (nSPS) is 17.6. The summed E-state index contributed by atoms with van der Waals surface area (Å²) in [4.78, 5) is 12.7. The van der Waals surface area contributed by atoms with Gasteiger partial charge in [-0.2, -0.15) is 0 Å². The van der Waals surface area contributed by atoms with Crippen LogP contribution in [-0.4, -0.2) is 5.78 Å². The molecule has 3 rings (SSSR count). The summed E-state index contributed by atoms with van der Waals surface area (Å²) in [6.45, 7) is 0. The molecule has 20 heavy (non-hydrogen) atoms. The smallest absolute Gasteiger partial charge is 0.171 e. The molecule has 1 aliphatic rings. The van der Waals surface area contributed by atoms with Crippen LogP contribution in [0.4, 0.5) is 4.39 Å². The summed E-state index contributed by atoms with van der Waals surface area (Å²) >= 11 is 3.19. The molecule has 2 aromatic rings. The number of carbonyl (C=O) groups excluding carboxylic acids is 1. The molecule has 3 heteroatoms. The molecule has 2 aromatic carbocycles. The molecule has 0 radical (unpaired) electrons. The third-order valence-electron chi connectivity index (χ3n) is 3.90. The number of ketones is 1. The maximum atomic E-state index is 13.6. The van der Waals surface area contributed by atoms with E-state index in [1.54, 1.807) is 12.1 Å². The van der Waals surface area contributed by atoms with Crippen LogP contribution in [0.15, 0.2) is 46.9 Å². The van der Waals surface area contributed by atoms with Crippen molar-refractivity contribution >= 4 is 21.7 Å². The van der Waals surface area contributed by atoms with Crippen molar-refractivity contribution in [3.05, 3.63) is 69.4 Å². The minimum Gasteiger partial charge on any atom is -0.293 e. The Balaban J connectivity index is 2.02. The monoisotopic (exact) mass is 332 g/mol. The van der Waals surface area contributed by atoms with Gasteiger partial charge in [0.05, 0.1) is 4.47 Å². The Kier molecular flexibility index (Phi) is 3.70. The van der Waals surface area contributed by atoms with Crippen molar-refractivity contribution in [3.8, 4) is 0 Å². The van der Waals surface area contributed by atoms with Gasteiger partial charge in [-0.15, -0.1) is 0 Å². The molecule has 1 unspecified atom stereocenters. The Bertz CT molecular complexity index is 666. The van der Waals surface area contributed by atoms with Crippen LogP contribution < -0.4 is 0 Å². The fourth-order valence-corrected chi connectivity index (χ4v) is 3.37. The van der Waals surface area contributed by atoms with E-state index >= 15 is 0 Å². The highest BCUT2D eigenvalue weighted by Crippen LogP contribution is 2.35. The van der Waals surface area contributed by atoms with Gasteiger partial charge in [-0.25, -0.2) is 4.39 Å². The molecule has 1 atom stereocenters. The minimum absolute atomic E-state index is 0.00326. The molecule has 0 fully saturated rings. The topological polar surface area (TPSA) is 17.1 Å². The van der Waals surface area contributed by atoms with Gasteiger partial charge in [0.2, 0.25) is 0 Å². The van der Waals surface area contributed by atoms with Gasteiger partial charge >= 0.3 is 0 Å². The first-order valence-corrected chi connectivity index (χ1v) is 7.54. The SMILES string of the molecule is O=C(c1cccc(F)c1Br)C1CCCc2ccccc21. The first-order chi connectivity index (χ1) is 9.68. The average Bonchev–Trinajstić information content (AvgIpc) is 2.49. The van der Waals surface area contributed by atoms with Crippen LogP contribution in [0.1, 0.15) is 40.2 Å². The maximum absolute atomic E-state index is 13.6. The summed E-state index contributed by atoms with van der Waals surface area (Å²) in [7, 11) is 0. The van der Waals surface area contributed by atoms with Gasteiger partial charge in [-0.05, 0) is 52.4 Å². The molecule has 0 N–H and O–H groups in total. The molecule has 1 aliphatic carbocycles. The number of hydrogen-bond donors (Lipinski definition) is 0. The number of rotatable bonds is 2. The Labute approximate surface area is 126 Å². The highest BCUT2D eigenvalue weighted by molar-refractivity contribution is 9.10. The van der Waals surface area contributed by atoms with Crippen LogP contribution in [0.25, 0.3) is 0 Å². The zero-order chi connectivity index (χ0) is 14.1. The molecule has 0 spiro atoms. The van der Waals surface area contributed by atoms with Crippen molar-refractivity contribution in [2.45, 2.75) is 25.2 Å². The van der Waals surface area contributed by atoms with Crippen LogP contribution in [0.5, 0.6) is 0 Å². The highest BCUT2D eigenvalue weighted by Gasteiger charge is 2.28. The van der Waals surface area contributed by atoms with Gasteiger partial charge in [0.25, 0.3) is 0 Å². The van der Waals surface area contributed by atoms with Crippen LogP contribution in [0.3, 0.4) is 0 Å². The molecule has 1 nitrogen and oxygen atoms in total. The number of halogens is 2. The Morgan fingerprint density at radius 2 is 1.95 bits per heavy atom. The number of fused-ring (bicyclic) bond motifs is 1. The molecule has 0 bridgehead atoms. The lowest BCUT2D eigenvalue weighted by molar-refractivity contribution is 0.0949. The zero-order valence-corrected chi connectivity index (χ0v) is 12.5. The molecular formula is C17H14BrFO. The fraction of sp³-hybridized carbons (Fsp3) is 0.235. The number of benzene rings is 2. The second-order valence-corrected chi connectivity index (χ2v) is 5.90. The first-order valence-electron chi connectivity index (χ1n) is 6.74. The van der Waals surface area contributed by atoms with Crippen molar-refractivity contribution in [2.24, 2.45) is 0 Å². The van der Waals surface area contributed by atoms with Crippen LogP contribution in [-0.2, 0) is 6.42 Å². The van der Waals surface area contributed by atoms with Gasteiger partial charge in [-0.3, -0.25) is 4.79 Å². The molecular weight excluding hydrogens is 319 g/mol. The highest BCUT2D eigenvalue weighted by atomic mass is 79.9. The fourth-order valence-electron chi connectivity index (χ4n) is 2.91. The molecule has 102 valence electrons. The summed E-state index contributed by atoms with van der Waals surface area (Å²) < 4.78 is 13.9. The van der Waals surface area contributed by atoms with E-state index < -0.39 is 0 Å². The molecule has 0 saturated heterocycles. The van der Waals surface area contributed by atoms with Gasteiger partial charge in [0.15, 0.2) is 5.78 Å². The lowest BCUT2D eigenvalue weighted by Gasteiger charge is -2.24. The van der Waals surface area contributed by atoms with E-state index in [2.05, 4.69) is 22.0 Å². The van der Waals surface area contributed by atoms with Gasteiger partial charge in [0.1, 0.15) is 5.82 Å². The van der Waals surface area contributed by atoms with E-state index in [-0.39, 0.29) is 22.0 Å². The van der Waals surface area contributed by atoms with Crippen LogP contribution >= 0.6 is 15.9 Å². The van der Waals surface area contributed by atoms with Gasteiger partial charge in [-0.1, -0.05) is 36.4 Å². The van der Waals surface area contributed by atoms with E-state index in [9.17, 15) is 9.18 Å². The van der Waals surface area contributed by atoms with Crippen molar-refractivity contribution in [1.29, 1.82) is 0 Å². The third kappa shape index (κ3) is 2.31. The largest absolute Gasteiger partial charge is 0.293 e. The predicted octanol–water partition coefficient (Wildman–Crippen LogP) is 4.89.